The van der Waals surface area contributed by atoms with Crippen molar-refractivity contribution in [3.63, 3.8) is 0 Å². The van der Waals surface area contributed by atoms with Gasteiger partial charge in [0.05, 0.1) is 10.2 Å². The van der Waals surface area contributed by atoms with Crippen LogP contribution in [0.3, 0.4) is 0 Å². The lowest BCUT2D eigenvalue weighted by Crippen LogP contribution is -2.60. The van der Waals surface area contributed by atoms with E-state index in [0.717, 1.165) is 36.1 Å². The highest BCUT2D eigenvalue weighted by Gasteiger charge is 2.37. The fraction of sp³-hybridized carbons (Fsp3) is 0.462. The highest BCUT2D eigenvalue weighted by atomic mass is 32.2. The van der Waals surface area contributed by atoms with Crippen LogP contribution in [0, 0.1) is 5.92 Å². The van der Waals surface area contributed by atoms with E-state index in [4.69, 9.17) is 4.18 Å². The second-order valence-corrected chi connectivity index (χ2v) is 13.7. The third-order valence-electron chi connectivity index (χ3n) is 6.45. The van der Waals surface area contributed by atoms with Gasteiger partial charge in [0.15, 0.2) is 5.13 Å². The van der Waals surface area contributed by atoms with E-state index >= 15 is 0 Å². The van der Waals surface area contributed by atoms with Crippen molar-refractivity contribution in [2.75, 3.05) is 10.6 Å². The summed E-state index contributed by atoms with van der Waals surface area (Å²) in [5.74, 6) is 0.271. The van der Waals surface area contributed by atoms with Crippen molar-refractivity contribution in [1.29, 1.82) is 0 Å². The Labute approximate surface area is 216 Å². The van der Waals surface area contributed by atoms with Crippen LogP contribution >= 0.6 is 11.3 Å². The molecule has 2 heterocycles. The van der Waals surface area contributed by atoms with Crippen LogP contribution in [0.25, 0.3) is 10.2 Å². The lowest BCUT2D eigenvalue weighted by molar-refractivity contribution is -0.117. The first-order valence-electron chi connectivity index (χ1n) is 12.2. The monoisotopic (exact) mass is 528 g/mol. The van der Waals surface area contributed by atoms with Crippen LogP contribution in [0.4, 0.5) is 10.8 Å². The molecule has 1 amide bonds. The second-order valence-electron chi connectivity index (χ2n) is 11.1. The van der Waals surface area contributed by atoms with E-state index < -0.39 is 10.1 Å². The van der Waals surface area contributed by atoms with Gasteiger partial charge in [0, 0.05) is 34.8 Å². The first kappa shape index (κ1) is 25.0. The number of nitrogens with zero attached hydrogens (tertiary/aromatic N) is 1. The summed E-state index contributed by atoms with van der Waals surface area (Å²) in [6.45, 7) is 8.79. The van der Waals surface area contributed by atoms with Gasteiger partial charge in [0.25, 0.3) is 0 Å². The Hall–Kier alpha value is -2.69. The summed E-state index contributed by atoms with van der Waals surface area (Å²) in [4.78, 5) is 16.5. The molecule has 0 spiro atoms. The molecule has 36 heavy (non-hydrogen) atoms. The van der Waals surface area contributed by atoms with Gasteiger partial charge in [-0.05, 0) is 89.8 Å². The highest BCUT2D eigenvalue weighted by Crippen LogP contribution is 2.34. The summed E-state index contributed by atoms with van der Waals surface area (Å²) < 4.78 is 32.0. The van der Waals surface area contributed by atoms with Crippen LogP contribution in [0.2, 0.25) is 0 Å². The second kappa shape index (κ2) is 9.00. The van der Waals surface area contributed by atoms with Crippen molar-refractivity contribution >= 4 is 48.4 Å². The summed E-state index contributed by atoms with van der Waals surface area (Å²) in [5, 5.41) is 10.6. The average Bonchev–Trinajstić information content (AvgIpc) is 3.52. The van der Waals surface area contributed by atoms with Crippen LogP contribution in [0.15, 0.2) is 47.4 Å². The molecule has 3 N–H and O–H groups in total. The van der Waals surface area contributed by atoms with Gasteiger partial charge >= 0.3 is 10.1 Å². The first-order chi connectivity index (χ1) is 16.9. The molecule has 0 unspecified atom stereocenters. The van der Waals surface area contributed by atoms with Gasteiger partial charge in [0.1, 0.15) is 10.6 Å². The fourth-order valence-corrected chi connectivity index (χ4v) is 6.94. The Morgan fingerprint density at radius 2 is 1.72 bits per heavy atom. The summed E-state index contributed by atoms with van der Waals surface area (Å²) in [5.41, 5.74) is 1.58. The molecular formula is C26H32N4O4S2. The molecule has 1 saturated heterocycles. The molecule has 3 aromatic rings. The zero-order valence-electron chi connectivity index (χ0n) is 20.9. The Kier molecular flexibility index (Phi) is 6.25. The van der Waals surface area contributed by atoms with E-state index in [0.29, 0.717) is 10.6 Å². The van der Waals surface area contributed by atoms with Crippen molar-refractivity contribution < 1.29 is 17.4 Å². The van der Waals surface area contributed by atoms with Crippen LogP contribution in [0.1, 0.15) is 53.4 Å². The quantitative estimate of drug-likeness (QED) is 0.365. The highest BCUT2D eigenvalue weighted by molar-refractivity contribution is 7.87. The van der Waals surface area contributed by atoms with Crippen molar-refractivity contribution in [3.05, 3.63) is 42.5 Å². The molecule has 1 saturated carbocycles. The lowest BCUT2D eigenvalue weighted by atomic mass is 9.79. The molecule has 10 heteroatoms. The van der Waals surface area contributed by atoms with Gasteiger partial charge in [-0.2, -0.15) is 8.42 Å². The molecular weight excluding hydrogens is 496 g/mol. The Morgan fingerprint density at radius 3 is 2.36 bits per heavy atom. The number of carbonyl (C=O) groups excluding carboxylic acids is 1. The minimum absolute atomic E-state index is 0.0132. The predicted octanol–water partition coefficient (Wildman–Crippen LogP) is 5.13. The van der Waals surface area contributed by atoms with Gasteiger partial charge < -0.3 is 20.1 Å². The van der Waals surface area contributed by atoms with Crippen molar-refractivity contribution in [3.8, 4) is 5.75 Å². The molecule has 5 rings (SSSR count). The normalized spacial score (nSPS) is 19.7. The predicted molar refractivity (Wildman–Crippen MR) is 143 cm³/mol. The molecule has 192 valence electrons. The van der Waals surface area contributed by atoms with E-state index in [1.807, 2.05) is 0 Å². The maximum atomic E-state index is 12.9. The fourth-order valence-electron chi connectivity index (χ4n) is 5.12. The zero-order valence-corrected chi connectivity index (χ0v) is 22.6. The number of nitrogens with one attached hydrogen (secondary N) is 3. The van der Waals surface area contributed by atoms with Gasteiger partial charge in [-0.3, -0.25) is 4.79 Å². The minimum atomic E-state index is -4.01. The largest absolute Gasteiger partial charge is 0.382 e. The van der Waals surface area contributed by atoms with Crippen LogP contribution in [-0.2, 0) is 14.9 Å². The molecule has 0 bridgehead atoms. The van der Waals surface area contributed by atoms with Crippen LogP contribution < -0.4 is 20.1 Å². The Balaban J connectivity index is 1.26. The van der Waals surface area contributed by atoms with Crippen molar-refractivity contribution in [2.24, 2.45) is 5.92 Å². The number of piperidine rings is 1. The maximum Gasteiger partial charge on any atom is 0.339 e. The van der Waals surface area contributed by atoms with Gasteiger partial charge in [-0.25, -0.2) is 4.98 Å². The molecule has 1 aromatic heterocycles. The number of aromatic nitrogens is 1. The Morgan fingerprint density at radius 1 is 1.06 bits per heavy atom. The van der Waals surface area contributed by atoms with E-state index in [1.54, 1.807) is 42.5 Å². The summed E-state index contributed by atoms with van der Waals surface area (Å²) in [6, 6.07) is 11.9. The summed E-state index contributed by atoms with van der Waals surface area (Å²) >= 11 is 1.29. The number of fused-ring (bicyclic) bond motifs is 1. The topological polar surface area (TPSA) is 109 Å². The number of anilines is 2. The number of benzene rings is 2. The van der Waals surface area contributed by atoms with E-state index in [9.17, 15) is 13.2 Å². The van der Waals surface area contributed by atoms with Crippen LogP contribution in [0.5, 0.6) is 5.75 Å². The number of rotatable bonds is 7. The van der Waals surface area contributed by atoms with Gasteiger partial charge in [0.2, 0.25) is 5.91 Å². The maximum absolute atomic E-state index is 12.9. The minimum Gasteiger partial charge on any atom is -0.382 e. The summed E-state index contributed by atoms with van der Waals surface area (Å²) in [7, 11) is -4.01. The molecule has 1 aliphatic carbocycles. The number of amides is 1. The standard InChI is InChI=1S/C26H32N4O4S2/c1-25(2)14-18(15-26(3,4)30-25)27-17-7-10-20(11-8-17)36(32,33)34-19-9-12-21-22(13-19)35-24(28-21)29-23(31)16-5-6-16/h7-13,16,18,27,30H,5-6,14-15H2,1-4H3,(H,28,29,31). The molecule has 2 aliphatic rings. The molecule has 2 aromatic carbocycles. The Bertz CT molecular complexity index is 1380. The van der Waals surface area contributed by atoms with Crippen LogP contribution in [-0.4, -0.2) is 36.4 Å². The molecule has 0 atom stereocenters. The number of thiazole rings is 1. The molecule has 0 radical (unpaired) electrons. The third-order valence-corrected chi connectivity index (χ3v) is 8.64. The molecule has 8 nitrogen and oxygen atoms in total. The lowest BCUT2D eigenvalue weighted by Gasteiger charge is -2.47. The molecule has 2 fully saturated rings. The number of hydrogen-bond acceptors (Lipinski definition) is 8. The zero-order chi connectivity index (χ0) is 25.7. The van der Waals surface area contributed by atoms with Gasteiger partial charge in [-0.1, -0.05) is 11.3 Å². The van der Waals surface area contributed by atoms with E-state index in [2.05, 4.69) is 48.6 Å². The number of carbonyl (C=O) groups is 1. The smallest absolute Gasteiger partial charge is 0.339 e. The van der Waals surface area contributed by atoms with Crippen molar-refractivity contribution in [2.45, 2.75) is 75.4 Å². The van der Waals surface area contributed by atoms with E-state index in [-0.39, 0.29) is 39.6 Å². The average molecular weight is 529 g/mol. The summed E-state index contributed by atoms with van der Waals surface area (Å²) in [6.07, 6.45) is 3.76. The molecule has 1 aliphatic heterocycles. The first-order valence-corrected chi connectivity index (χ1v) is 14.4. The SMILES string of the molecule is CC1(C)CC(Nc2ccc(S(=O)(=O)Oc3ccc4nc(NC(=O)C5CC5)sc4c3)cc2)CC(C)(C)N1. The third kappa shape index (κ3) is 5.82. The van der Waals surface area contributed by atoms with Crippen molar-refractivity contribution in [1.82, 2.24) is 10.3 Å². The van der Waals surface area contributed by atoms with E-state index in [1.165, 1.54) is 11.3 Å². The number of hydrogen-bond donors (Lipinski definition) is 3. The van der Waals surface area contributed by atoms with Gasteiger partial charge in [-0.15, -0.1) is 0 Å².